The molecule has 20 heavy (non-hydrogen) atoms. The van der Waals surface area contributed by atoms with Crippen molar-refractivity contribution in [1.29, 1.82) is 0 Å². The van der Waals surface area contributed by atoms with Gasteiger partial charge < -0.3 is 10.3 Å². The highest BCUT2D eigenvalue weighted by Crippen LogP contribution is 2.15. The van der Waals surface area contributed by atoms with E-state index in [1.54, 1.807) is 6.33 Å². The highest BCUT2D eigenvalue weighted by atomic mass is 15.1. The summed E-state index contributed by atoms with van der Waals surface area (Å²) in [6.45, 7) is 5.08. The minimum Gasteiger partial charge on any atom is -0.368 e. The molecule has 0 saturated heterocycles. The van der Waals surface area contributed by atoms with E-state index in [1.807, 2.05) is 0 Å². The van der Waals surface area contributed by atoms with Crippen LogP contribution in [-0.4, -0.2) is 26.5 Å². The van der Waals surface area contributed by atoms with E-state index < -0.39 is 0 Å². The molecule has 0 amide bonds. The van der Waals surface area contributed by atoms with Crippen LogP contribution in [0.2, 0.25) is 0 Å². The fraction of sp³-hybridized carbons (Fsp3) is 0.267. The zero-order valence-electron chi connectivity index (χ0n) is 11.6. The largest absolute Gasteiger partial charge is 0.368 e. The molecule has 5 heteroatoms. The molecule has 0 radical (unpaired) electrons. The summed E-state index contributed by atoms with van der Waals surface area (Å²) in [6.07, 6.45) is 4.12. The summed E-state index contributed by atoms with van der Waals surface area (Å²) >= 11 is 0. The van der Waals surface area contributed by atoms with Crippen LogP contribution in [0.15, 0.2) is 30.9 Å². The monoisotopic (exact) mass is 267 g/mol. The quantitative estimate of drug-likeness (QED) is 0.762. The maximum absolute atomic E-state index is 4.25. The van der Waals surface area contributed by atoms with E-state index in [0.717, 1.165) is 24.3 Å². The first-order chi connectivity index (χ1) is 9.72. The van der Waals surface area contributed by atoms with E-state index in [2.05, 4.69) is 57.3 Å². The second kappa shape index (κ2) is 5.28. The summed E-state index contributed by atoms with van der Waals surface area (Å²) in [5.41, 5.74) is 5.49. The number of nitrogens with one attached hydrogen (secondary N) is 2. The van der Waals surface area contributed by atoms with Crippen LogP contribution in [0.5, 0.6) is 0 Å². The number of aryl methyl sites for hydroxylation is 2. The molecule has 2 aromatic heterocycles. The topological polar surface area (TPSA) is 66.5 Å². The summed E-state index contributed by atoms with van der Waals surface area (Å²) in [4.78, 5) is 15.5. The molecule has 0 aliphatic heterocycles. The molecule has 0 unspecified atom stereocenters. The normalized spacial score (nSPS) is 10.9. The van der Waals surface area contributed by atoms with E-state index in [9.17, 15) is 0 Å². The number of H-pyrrole nitrogens is 1. The van der Waals surface area contributed by atoms with Crippen LogP contribution < -0.4 is 5.32 Å². The minimum atomic E-state index is 0.689. The minimum absolute atomic E-state index is 0.689. The highest BCUT2D eigenvalue weighted by Gasteiger charge is 2.04. The number of hydrogen-bond acceptors (Lipinski definition) is 4. The van der Waals surface area contributed by atoms with Crippen molar-refractivity contribution in [2.45, 2.75) is 20.3 Å². The van der Waals surface area contributed by atoms with Crippen LogP contribution in [0.4, 0.5) is 5.82 Å². The van der Waals surface area contributed by atoms with Gasteiger partial charge in [0.1, 0.15) is 11.8 Å². The van der Waals surface area contributed by atoms with Crippen molar-refractivity contribution < 1.29 is 0 Å². The fourth-order valence-corrected chi connectivity index (χ4v) is 2.44. The first-order valence-corrected chi connectivity index (χ1v) is 6.67. The number of hydrogen-bond donors (Lipinski definition) is 2. The molecule has 3 aromatic rings. The molecule has 0 aliphatic carbocycles. The third-order valence-corrected chi connectivity index (χ3v) is 3.21. The Labute approximate surface area is 117 Å². The van der Waals surface area contributed by atoms with Crippen molar-refractivity contribution in [3.8, 4) is 0 Å². The van der Waals surface area contributed by atoms with Crippen LogP contribution in [-0.2, 0) is 6.42 Å². The van der Waals surface area contributed by atoms with Gasteiger partial charge in [0.25, 0.3) is 0 Å². The molecule has 0 atom stereocenters. The molecule has 2 heterocycles. The lowest BCUT2D eigenvalue weighted by Gasteiger charge is -2.07. The zero-order chi connectivity index (χ0) is 13.9. The number of anilines is 1. The number of benzene rings is 1. The number of imidazole rings is 1. The summed E-state index contributed by atoms with van der Waals surface area (Å²) < 4.78 is 0. The van der Waals surface area contributed by atoms with Crippen LogP contribution in [0.1, 0.15) is 16.7 Å². The van der Waals surface area contributed by atoms with Gasteiger partial charge in [0, 0.05) is 6.54 Å². The Morgan fingerprint density at radius 3 is 2.65 bits per heavy atom. The molecule has 0 bridgehead atoms. The van der Waals surface area contributed by atoms with Gasteiger partial charge in [-0.25, -0.2) is 15.0 Å². The van der Waals surface area contributed by atoms with Gasteiger partial charge in [-0.15, -0.1) is 0 Å². The molecule has 0 aliphatic rings. The smallest absolute Gasteiger partial charge is 0.182 e. The third-order valence-electron chi connectivity index (χ3n) is 3.21. The van der Waals surface area contributed by atoms with Crippen molar-refractivity contribution >= 4 is 17.0 Å². The van der Waals surface area contributed by atoms with Crippen molar-refractivity contribution in [2.24, 2.45) is 0 Å². The highest BCUT2D eigenvalue weighted by molar-refractivity contribution is 5.81. The molecule has 5 nitrogen and oxygen atoms in total. The van der Waals surface area contributed by atoms with Gasteiger partial charge in [-0.3, -0.25) is 0 Å². The number of nitrogens with zero attached hydrogens (tertiary/aromatic N) is 3. The Kier molecular flexibility index (Phi) is 3.33. The van der Waals surface area contributed by atoms with Crippen LogP contribution >= 0.6 is 0 Å². The van der Waals surface area contributed by atoms with Crippen molar-refractivity contribution in [3.63, 3.8) is 0 Å². The predicted molar refractivity (Wildman–Crippen MR) is 79.8 cm³/mol. The number of fused-ring (bicyclic) bond motifs is 1. The molecule has 1 aromatic carbocycles. The zero-order valence-corrected chi connectivity index (χ0v) is 11.6. The lowest BCUT2D eigenvalue weighted by Crippen LogP contribution is -2.07. The molecule has 0 fully saturated rings. The van der Waals surface area contributed by atoms with Crippen molar-refractivity contribution in [2.75, 3.05) is 11.9 Å². The third kappa shape index (κ3) is 2.61. The second-order valence-corrected chi connectivity index (χ2v) is 5.00. The summed E-state index contributed by atoms with van der Waals surface area (Å²) in [5.74, 6) is 0.803. The first-order valence-electron chi connectivity index (χ1n) is 6.67. The fourth-order valence-electron chi connectivity index (χ4n) is 2.44. The van der Waals surface area contributed by atoms with Gasteiger partial charge in [0.15, 0.2) is 11.5 Å². The number of aromatic nitrogens is 4. The number of aromatic amines is 1. The average Bonchev–Trinajstić information content (AvgIpc) is 2.86. The summed E-state index contributed by atoms with van der Waals surface area (Å²) in [6, 6.07) is 6.64. The molecule has 102 valence electrons. The molecular weight excluding hydrogens is 250 g/mol. The predicted octanol–water partition coefficient (Wildman–Crippen LogP) is 2.62. The van der Waals surface area contributed by atoms with Gasteiger partial charge in [0.2, 0.25) is 0 Å². The lowest BCUT2D eigenvalue weighted by atomic mass is 10.1. The molecule has 0 spiro atoms. The maximum atomic E-state index is 4.25. The van der Waals surface area contributed by atoms with E-state index in [-0.39, 0.29) is 0 Å². The van der Waals surface area contributed by atoms with E-state index in [1.165, 1.54) is 23.0 Å². The van der Waals surface area contributed by atoms with E-state index in [4.69, 9.17) is 0 Å². The van der Waals surface area contributed by atoms with E-state index >= 15 is 0 Å². The van der Waals surface area contributed by atoms with Gasteiger partial charge in [-0.05, 0) is 25.8 Å². The molecule has 3 rings (SSSR count). The Balaban J connectivity index is 1.69. The Morgan fingerprint density at radius 2 is 1.85 bits per heavy atom. The van der Waals surface area contributed by atoms with Crippen LogP contribution in [0.3, 0.4) is 0 Å². The molecular formula is C15H17N5. The molecule has 2 N–H and O–H groups in total. The van der Waals surface area contributed by atoms with Gasteiger partial charge in [0.05, 0.1) is 6.33 Å². The second-order valence-electron chi connectivity index (χ2n) is 5.00. The molecule has 0 saturated carbocycles. The standard InChI is InChI=1S/C15H17N5/c1-10-5-11(2)7-12(6-10)3-4-16-14-13-15(18-8-17-13)20-9-19-14/h5-9H,3-4H2,1-2H3,(H2,16,17,18,19,20). The SMILES string of the molecule is Cc1cc(C)cc(CCNc2ncnc3nc[nH]c23)c1. The summed E-state index contributed by atoms with van der Waals surface area (Å²) in [5, 5.41) is 3.34. The van der Waals surface area contributed by atoms with Gasteiger partial charge in [-0.1, -0.05) is 29.3 Å². The van der Waals surface area contributed by atoms with E-state index in [0.29, 0.717) is 5.65 Å². The van der Waals surface area contributed by atoms with Gasteiger partial charge in [-0.2, -0.15) is 0 Å². The number of rotatable bonds is 4. The summed E-state index contributed by atoms with van der Waals surface area (Å²) in [7, 11) is 0. The Hall–Kier alpha value is -2.43. The first kappa shape index (κ1) is 12.6. The Bertz CT molecular complexity index is 712. The van der Waals surface area contributed by atoms with Crippen molar-refractivity contribution in [1.82, 2.24) is 19.9 Å². The van der Waals surface area contributed by atoms with Gasteiger partial charge >= 0.3 is 0 Å². The average molecular weight is 267 g/mol. The van der Waals surface area contributed by atoms with Crippen molar-refractivity contribution in [3.05, 3.63) is 47.5 Å². The van der Waals surface area contributed by atoms with Crippen LogP contribution in [0.25, 0.3) is 11.2 Å². The maximum Gasteiger partial charge on any atom is 0.182 e. The lowest BCUT2D eigenvalue weighted by molar-refractivity contribution is 0.999. The van der Waals surface area contributed by atoms with Crippen LogP contribution in [0, 0.1) is 13.8 Å². The Morgan fingerprint density at radius 1 is 1.05 bits per heavy atom.